The standard InChI is InChI=1S/C22H32N2O3.ClH/c1-26-22(18-5-2-4-17(12-18)21(23)25)19-6-3-7-20(22)15-24(14-19)13-16-8-10-27-11-9-16;/h2,4-5,12,16,19-20H,3,6-11,13-15H2,1H3,(H2,23,25);1H. The van der Waals surface area contributed by atoms with E-state index in [2.05, 4.69) is 11.0 Å². The van der Waals surface area contributed by atoms with Gasteiger partial charge in [-0.2, -0.15) is 0 Å². The fourth-order valence-electron chi connectivity index (χ4n) is 5.81. The molecule has 5 nitrogen and oxygen atoms in total. The molecule has 0 spiro atoms. The number of benzene rings is 1. The molecule has 0 aromatic heterocycles. The van der Waals surface area contributed by atoms with E-state index in [1.165, 1.54) is 38.6 Å². The van der Waals surface area contributed by atoms with Gasteiger partial charge in [0, 0.05) is 57.4 Å². The molecule has 4 rings (SSSR count). The Morgan fingerprint density at radius 2 is 1.89 bits per heavy atom. The smallest absolute Gasteiger partial charge is 0.248 e. The molecule has 6 heteroatoms. The van der Waals surface area contributed by atoms with Crippen LogP contribution in [0, 0.1) is 17.8 Å². The molecule has 2 N–H and O–H groups in total. The Morgan fingerprint density at radius 3 is 2.50 bits per heavy atom. The van der Waals surface area contributed by atoms with Gasteiger partial charge in [-0.05, 0) is 49.3 Å². The Balaban J connectivity index is 0.00000225. The Kier molecular flexibility index (Phi) is 7.02. The molecule has 2 heterocycles. The van der Waals surface area contributed by atoms with E-state index in [1.54, 1.807) is 6.07 Å². The summed E-state index contributed by atoms with van der Waals surface area (Å²) in [5.41, 5.74) is 6.95. The zero-order valence-corrected chi connectivity index (χ0v) is 17.6. The van der Waals surface area contributed by atoms with Crippen LogP contribution in [0.15, 0.2) is 24.3 Å². The first kappa shape index (κ1) is 21.6. The van der Waals surface area contributed by atoms with Gasteiger partial charge in [0.15, 0.2) is 0 Å². The molecule has 1 aromatic rings. The molecular formula is C22H33ClN2O3. The first-order valence-electron chi connectivity index (χ1n) is 10.4. The molecule has 2 bridgehead atoms. The van der Waals surface area contributed by atoms with Crippen molar-refractivity contribution < 1.29 is 14.3 Å². The van der Waals surface area contributed by atoms with Gasteiger partial charge in [-0.25, -0.2) is 0 Å². The molecule has 2 aliphatic heterocycles. The fraction of sp³-hybridized carbons (Fsp3) is 0.682. The third-order valence-electron chi connectivity index (χ3n) is 7.07. The van der Waals surface area contributed by atoms with Crippen LogP contribution in [0.1, 0.15) is 48.0 Å². The van der Waals surface area contributed by atoms with Crippen LogP contribution in [-0.2, 0) is 15.1 Å². The van der Waals surface area contributed by atoms with E-state index in [4.69, 9.17) is 15.2 Å². The van der Waals surface area contributed by atoms with Crippen molar-refractivity contribution >= 4 is 18.3 Å². The summed E-state index contributed by atoms with van der Waals surface area (Å²) in [6.45, 7) is 5.14. The lowest BCUT2D eigenvalue weighted by molar-refractivity contribution is -0.171. The number of methoxy groups -OCH3 is 1. The first-order valence-corrected chi connectivity index (χ1v) is 10.4. The molecule has 156 valence electrons. The van der Waals surface area contributed by atoms with Crippen LogP contribution in [0.2, 0.25) is 0 Å². The predicted octanol–water partition coefficient (Wildman–Crippen LogP) is 3.21. The average molecular weight is 409 g/mol. The van der Waals surface area contributed by atoms with Gasteiger partial charge in [0.25, 0.3) is 0 Å². The van der Waals surface area contributed by atoms with Crippen molar-refractivity contribution in [1.82, 2.24) is 4.90 Å². The highest BCUT2D eigenvalue weighted by atomic mass is 35.5. The minimum atomic E-state index is -0.370. The van der Waals surface area contributed by atoms with Gasteiger partial charge in [-0.15, -0.1) is 12.4 Å². The summed E-state index contributed by atoms with van der Waals surface area (Å²) < 4.78 is 11.8. The van der Waals surface area contributed by atoms with Crippen LogP contribution >= 0.6 is 12.4 Å². The van der Waals surface area contributed by atoms with E-state index in [1.807, 2.05) is 19.2 Å². The number of fused-ring (bicyclic) bond motifs is 2. The second kappa shape index (κ2) is 9.12. The second-order valence-electron chi connectivity index (χ2n) is 8.54. The summed E-state index contributed by atoms with van der Waals surface area (Å²) in [4.78, 5) is 14.4. The molecule has 2 saturated heterocycles. The molecule has 3 aliphatic rings. The van der Waals surface area contributed by atoms with Gasteiger partial charge < -0.3 is 20.1 Å². The number of nitrogens with two attached hydrogens (primary N) is 1. The minimum Gasteiger partial charge on any atom is -0.381 e. The molecule has 1 saturated carbocycles. The second-order valence-corrected chi connectivity index (χ2v) is 8.54. The molecular weight excluding hydrogens is 376 g/mol. The van der Waals surface area contributed by atoms with Gasteiger partial charge in [0.2, 0.25) is 5.91 Å². The van der Waals surface area contributed by atoms with Crippen molar-refractivity contribution in [2.24, 2.45) is 23.5 Å². The third kappa shape index (κ3) is 3.95. The topological polar surface area (TPSA) is 64.8 Å². The summed E-state index contributed by atoms with van der Waals surface area (Å²) in [6, 6.07) is 7.83. The molecule has 3 fully saturated rings. The van der Waals surface area contributed by atoms with Gasteiger partial charge in [0.05, 0.1) is 0 Å². The predicted molar refractivity (Wildman–Crippen MR) is 112 cm³/mol. The van der Waals surface area contributed by atoms with Crippen molar-refractivity contribution in [3.63, 3.8) is 0 Å². The lowest BCUT2D eigenvalue weighted by Gasteiger charge is -2.56. The maximum absolute atomic E-state index is 11.7. The zero-order chi connectivity index (χ0) is 18.9. The van der Waals surface area contributed by atoms with Crippen molar-refractivity contribution in [2.75, 3.05) is 40.0 Å². The van der Waals surface area contributed by atoms with E-state index in [0.29, 0.717) is 17.4 Å². The lowest BCUT2D eigenvalue weighted by atomic mass is 9.62. The van der Waals surface area contributed by atoms with Gasteiger partial charge in [0.1, 0.15) is 5.60 Å². The number of piperidine rings is 1. The van der Waals surface area contributed by atoms with Crippen LogP contribution in [0.3, 0.4) is 0 Å². The van der Waals surface area contributed by atoms with Crippen LogP contribution < -0.4 is 5.73 Å². The van der Waals surface area contributed by atoms with Crippen LogP contribution in [0.5, 0.6) is 0 Å². The molecule has 1 aromatic carbocycles. The maximum Gasteiger partial charge on any atom is 0.248 e. The molecule has 2 unspecified atom stereocenters. The molecule has 2 atom stereocenters. The van der Waals surface area contributed by atoms with Crippen LogP contribution in [-0.4, -0.2) is 50.8 Å². The fourth-order valence-corrected chi connectivity index (χ4v) is 5.81. The summed E-state index contributed by atoms with van der Waals surface area (Å²) >= 11 is 0. The third-order valence-corrected chi connectivity index (χ3v) is 7.07. The Bertz CT molecular complexity index is 664. The van der Waals surface area contributed by atoms with E-state index < -0.39 is 0 Å². The van der Waals surface area contributed by atoms with Gasteiger partial charge >= 0.3 is 0 Å². The molecule has 1 amide bonds. The molecule has 0 radical (unpaired) electrons. The van der Waals surface area contributed by atoms with E-state index in [0.717, 1.165) is 37.8 Å². The van der Waals surface area contributed by atoms with Gasteiger partial charge in [-0.3, -0.25) is 4.79 Å². The van der Waals surface area contributed by atoms with Crippen molar-refractivity contribution in [3.8, 4) is 0 Å². The summed E-state index contributed by atoms with van der Waals surface area (Å²) in [5, 5.41) is 0. The summed E-state index contributed by atoms with van der Waals surface area (Å²) in [5.74, 6) is 1.30. The number of carbonyl (C=O) groups is 1. The van der Waals surface area contributed by atoms with Crippen molar-refractivity contribution in [2.45, 2.75) is 37.7 Å². The number of hydrogen-bond donors (Lipinski definition) is 1. The quantitative estimate of drug-likeness (QED) is 0.812. The van der Waals surface area contributed by atoms with Crippen molar-refractivity contribution in [1.29, 1.82) is 0 Å². The molecule has 28 heavy (non-hydrogen) atoms. The number of likely N-dealkylation sites (tertiary alicyclic amines) is 1. The first-order chi connectivity index (χ1) is 13.1. The van der Waals surface area contributed by atoms with E-state index in [9.17, 15) is 4.79 Å². The normalized spacial score (nSPS) is 31.2. The number of nitrogens with zero attached hydrogens (tertiary/aromatic N) is 1. The summed E-state index contributed by atoms with van der Waals surface area (Å²) in [6.07, 6.45) is 5.98. The van der Waals surface area contributed by atoms with E-state index in [-0.39, 0.29) is 23.9 Å². The maximum atomic E-state index is 11.7. The van der Waals surface area contributed by atoms with Crippen LogP contribution in [0.4, 0.5) is 0 Å². The highest BCUT2D eigenvalue weighted by Crippen LogP contribution is 2.51. The average Bonchev–Trinajstić information content (AvgIpc) is 2.68. The SMILES string of the molecule is COC1(c2cccc(C(N)=O)c2)C2CCCC1CN(CC1CCOCC1)C2.Cl. The Hall–Kier alpha value is -1.14. The highest BCUT2D eigenvalue weighted by molar-refractivity contribution is 5.92. The highest BCUT2D eigenvalue weighted by Gasteiger charge is 2.53. The summed E-state index contributed by atoms with van der Waals surface area (Å²) in [7, 11) is 1.84. The number of carbonyl (C=O) groups excluding carboxylic acids is 1. The Labute approximate surface area is 174 Å². The largest absolute Gasteiger partial charge is 0.381 e. The van der Waals surface area contributed by atoms with E-state index >= 15 is 0 Å². The number of rotatable bonds is 5. The van der Waals surface area contributed by atoms with Crippen LogP contribution in [0.25, 0.3) is 0 Å². The Morgan fingerprint density at radius 1 is 1.21 bits per heavy atom. The number of halogens is 1. The lowest BCUT2D eigenvalue weighted by Crippen LogP contribution is -2.59. The number of amides is 1. The minimum absolute atomic E-state index is 0. The number of hydrogen-bond acceptors (Lipinski definition) is 4. The monoisotopic (exact) mass is 408 g/mol. The molecule has 1 aliphatic carbocycles. The number of ether oxygens (including phenoxy) is 2. The van der Waals surface area contributed by atoms with Crippen molar-refractivity contribution in [3.05, 3.63) is 35.4 Å². The van der Waals surface area contributed by atoms with Gasteiger partial charge in [-0.1, -0.05) is 18.6 Å². The number of primary amides is 1. The zero-order valence-electron chi connectivity index (χ0n) is 16.8.